The fourth-order valence-electron chi connectivity index (χ4n) is 4.05. The van der Waals surface area contributed by atoms with E-state index >= 15 is 0 Å². The zero-order valence-corrected chi connectivity index (χ0v) is 14.5. The smallest absolute Gasteiger partial charge is 0.241 e. The summed E-state index contributed by atoms with van der Waals surface area (Å²) < 4.78 is 8.31. The van der Waals surface area contributed by atoms with Gasteiger partial charge in [-0.3, -0.25) is 0 Å². The lowest BCUT2D eigenvalue weighted by molar-refractivity contribution is -0.0654. The highest BCUT2D eigenvalue weighted by Crippen LogP contribution is 2.47. The van der Waals surface area contributed by atoms with Crippen molar-refractivity contribution >= 4 is 16.9 Å². The highest BCUT2D eigenvalue weighted by Gasteiger charge is 2.55. The summed E-state index contributed by atoms with van der Waals surface area (Å²) in [4.78, 5) is 10.2. The fraction of sp³-hybridized carbons (Fsp3) is 0.471. The SMILES string of the molecule is Cc1ncc(-c2cn3nccc3c(O[C@@]3(C)C[C@H]4NCC[C@H]43)n2)s1. The molecular weight excluding hydrogens is 322 g/mol. The quantitative estimate of drug-likeness (QED) is 0.793. The van der Waals surface area contributed by atoms with Crippen LogP contribution in [0.15, 0.2) is 24.7 Å². The number of aromatic nitrogens is 4. The summed E-state index contributed by atoms with van der Waals surface area (Å²) in [6.45, 7) is 5.30. The summed E-state index contributed by atoms with van der Waals surface area (Å²) in [7, 11) is 0. The molecule has 0 amide bonds. The topological polar surface area (TPSA) is 64.3 Å². The van der Waals surface area contributed by atoms with Crippen LogP contribution in [0.25, 0.3) is 16.1 Å². The van der Waals surface area contributed by atoms with Crippen molar-refractivity contribution in [2.24, 2.45) is 5.92 Å². The van der Waals surface area contributed by atoms with Crippen LogP contribution in [0, 0.1) is 12.8 Å². The van der Waals surface area contributed by atoms with E-state index in [9.17, 15) is 0 Å². The van der Waals surface area contributed by atoms with Gasteiger partial charge in [0, 0.05) is 24.6 Å². The lowest BCUT2D eigenvalue weighted by Crippen LogP contribution is -2.59. The van der Waals surface area contributed by atoms with E-state index in [0.717, 1.165) is 34.1 Å². The first-order valence-electron chi connectivity index (χ1n) is 8.32. The predicted octanol–water partition coefficient (Wildman–Crippen LogP) is 2.68. The zero-order valence-electron chi connectivity index (χ0n) is 13.7. The first kappa shape index (κ1) is 14.4. The van der Waals surface area contributed by atoms with E-state index in [1.807, 2.05) is 29.9 Å². The third-order valence-corrected chi connectivity index (χ3v) is 6.25. The van der Waals surface area contributed by atoms with E-state index in [-0.39, 0.29) is 5.60 Å². The minimum Gasteiger partial charge on any atom is -0.469 e. The molecule has 3 atom stereocenters. The predicted molar refractivity (Wildman–Crippen MR) is 92.4 cm³/mol. The van der Waals surface area contributed by atoms with Crippen molar-refractivity contribution in [3.63, 3.8) is 0 Å². The average Bonchev–Trinajstić information content (AvgIpc) is 3.25. The van der Waals surface area contributed by atoms with Gasteiger partial charge in [-0.15, -0.1) is 11.3 Å². The van der Waals surface area contributed by atoms with Gasteiger partial charge in [0.2, 0.25) is 5.88 Å². The third kappa shape index (κ3) is 2.08. The molecule has 0 radical (unpaired) electrons. The standard InChI is InChI=1S/C17H19N5OS/c1-10-19-8-15(24-10)13-9-22-14(4-6-20-22)16(21-13)23-17(2)7-12-11(17)3-5-18-12/h4,6,8-9,11-12,18H,3,5,7H2,1-2H3/t11-,12-,17+/m1/s1. The van der Waals surface area contributed by atoms with Crippen LogP contribution in [0.5, 0.6) is 5.88 Å². The van der Waals surface area contributed by atoms with Crippen molar-refractivity contribution in [3.8, 4) is 16.5 Å². The van der Waals surface area contributed by atoms with Crippen LogP contribution in [0.1, 0.15) is 24.8 Å². The molecule has 1 aliphatic heterocycles. The minimum absolute atomic E-state index is 0.145. The highest BCUT2D eigenvalue weighted by molar-refractivity contribution is 7.15. The molecule has 0 spiro atoms. The Balaban J connectivity index is 1.56. The molecule has 2 fully saturated rings. The molecule has 3 aromatic rings. The number of ether oxygens (including phenoxy) is 1. The first-order valence-corrected chi connectivity index (χ1v) is 9.14. The van der Waals surface area contributed by atoms with Gasteiger partial charge in [-0.05, 0) is 32.9 Å². The van der Waals surface area contributed by atoms with Gasteiger partial charge >= 0.3 is 0 Å². The second-order valence-corrected chi connectivity index (χ2v) is 8.15. The molecule has 0 unspecified atom stereocenters. The molecule has 1 N–H and O–H groups in total. The maximum absolute atomic E-state index is 6.46. The van der Waals surface area contributed by atoms with E-state index in [1.54, 1.807) is 17.5 Å². The summed E-state index contributed by atoms with van der Waals surface area (Å²) in [6.07, 6.45) is 7.80. The third-order valence-electron chi connectivity index (χ3n) is 5.32. The number of hydrogen-bond acceptors (Lipinski definition) is 6. The van der Waals surface area contributed by atoms with Gasteiger partial charge in [0.25, 0.3) is 0 Å². The summed E-state index contributed by atoms with van der Waals surface area (Å²) in [5.41, 5.74) is 1.63. The van der Waals surface area contributed by atoms with Crippen LogP contribution < -0.4 is 10.1 Å². The van der Waals surface area contributed by atoms with Gasteiger partial charge in [0.15, 0.2) is 0 Å². The van der Waals surface area contributed by atoms with Crippen LogP contribution in [0.2, 0.25) is 0 Å². The van der Waals surface area contributed by atoms with Gasteiger partial charge in [0.05, 0.1) is 22.3 Å². The summed E-state index contributed by atoms with van der Waals surface area (Å²) in [5, 5.41) is 8.95. The monoisotopic (exact) mass is 341 g/mol. The maximum atomic E-state index is 6.46. The van der Waals surface area contributed by atoms with E-state index in [0.29, 0.717) is 17.8 Å². The molecule has 7 heteroatoms. The molecule has 2 aliphatic rings. The van der Waals surface area contributed by atoms with Crippen molar-refractivity contribution < 1.29 is 4.74 Å². The number of thiazole rings is 1. The largest absolute Gasteiger partial charge is 0.469 e. The van der Waals surface area contributed by atoms with Gasteiger partial charge in [-0.25, -0.2) is 14.5 Å². The van der Waals surface area contributed by atoms with Crippen molar-refractivity contribution in [3.05, 3.63) is 29.7 Å². The molecule has 0 aromatic carbocycles. The summed E-state index contributed by atoms with van der Waals surface area (Å²) >= 11 is 1.63. The molecular formula is C17H19N5OS. The van der Waals surface area contributed by atoms with Crippen molar-refractivity contribution in [2.75, 3.05) is 6.54 Å². The van der Waals surface area contributed by atoms with Crippen molar-refractivity contribution in [1.29, 1.82) is 0 Å². The molecule has 1 saturated heterocycles. The van der Waals surface area contributed by atoms with Crippen LogP contribution in [-0.2, 0) is 0 Å². The Morgan fingerprint density at radius 3 is 3.17 bits per heavy atom. The zero-order chi connectivity index (χ0) is 16.3. The average molecular weight is 341 g/mol. The number of nitrogens with zero attached hydrogens (tertiary/aromatic N) is 4. The Morgan fingerprint density at radius 2 is 2.38 bits per heavy atom. The number of aryl methyl sites for hydroxylation is 1. The van der Waals surface area contributed by atoms with Crippen molar-refractivity contribution in [1.82, 2.24) is 24.9 Å². The van der Waals surface area contributed by atoms with Gasteiger partial charge < -0.3 is 10.1 Å². The molecule has 6 nitrogen and oxygen atoms in total. The van der Waals surface area contributed by atoms with Crippen molar-refractivity contribution in [2.45, 2.75) is 38.3 Å². The molecule has 5 rings (SSSR count). The first-order chi connectivity index (χ1) is 11.6. The van der Waals surface area contributed by atoms with Crippen LogP contribution in [-0.4, -0.2) is 37.8 Å². The van der Waals surface area contributed by atoms with Crippen LogP contribution in [0.4, 0.5) is 0 Å². The van der Waals surface area contributed by atoms with Crippen LogP contribution in [0.3, 0.4) is 0 Å². The lowest BCUT2D eigenvalue weighted by atomic mass is 9.67. The maximum Gasteiger partial charge on any atom is 0.241 e. The molecule has 1 aliphatic carbocycles. The van der Waals surface area contributed by atoms with Crippen LogP contribution >= 0.6 is 11.3 Å². The Morgan fingerprint density at radius 1 is 1.46 bits per heavy atom. The lowest BCUT2D eigenvalue weighted by Gasteiger charge is -2.49. The second-order valence-electron chi connectivity index (χ2n) is 6.91. The van der Waals surface area contributed by atoms with Gasteiger partial charge in [-0.1, -0.05) is 0 Å². The highest BCUT2D eigenvalue weighted by atomic mass is 32.1. The number of hydrogen-bond donors (Lipinski definition) is 1. The Hall–Kier alpha value is -1.99. The number of fused-ring (bicyclic) bond motifs is 2. The summed E-state index contributed by atoms with van der Waals surface area (Å²) in [6, 6.07) is 2.56. The minimum atomic E-state index is -0.145. The fourth-order valence-corrected chi connectivity index (χ4v) is 4.78. The normalized spacial score (nSPS) is 28.8. The molecule has 4 heterocycles. The number of nitrogens with one attached hydrogen (secondary N) is 1. The Bertz CT molecular complexity index is 919. The van der Waals surface area contributed by atoms with Gasteiger partial charge in [-0.2, -0.15) is 5.10 Å². The van der Waals surface area contributed by atoms with E-state index in [2.05, 4.69) is 22.3 Å². The molecule has 24 heavy (non-hydrogen) atoms. The second kappa shape index (κ2) is 5.00. The molecule has 0 bridgehead atoms. The summed E-state index contributed by atoms with van der Waals surface area (Å²) in [5.74, 6) is 1.24. The Labute approximate surface area is 143 Å². The number of rotatable bonds is 3. The van der Waals surface area contributed by atoms with E-state index in [4.69, 9.17) is 9.72 Å². The molecule has 124 valence electrons. The molecule has 3 aromatic heterocycles. The van der Waals surface area contributed by atoms with Gasteiger partial charge in [0.1, 0.15) is 16.8 Å². The molecule has 1 saturated carbocycles. The Kier molecular flexibility index (Phi) is 2.99. The van der Waals surface area contributed by atoms with E-state index in [1.165, 1.54) is 6.42 Å². The van der Waals surface area contributed by atoms with E-state index < -0.39 is 0 Å².